The quantitative estimate of drug-likeness (QED) is 0.756. The zero-order valence-electron chi connectivity index (χ0n) is 14.0. The minimum atomic E-state index is 0.797. The van der Waals surface area contributed by atoms with Crippen molar-refractivity contribution in [3.63, 3.8) is 0 Å². The zero-order chi connectivity index (χ0) is 14.4. The van der Waals surface area contributed by atoms with Crippen molar-refractivity contribution >= 4 is 0 Å². The van der Waals surface area contributed by atoms with Crippen molar-refractivity contribution in [2.75, 3.05) is 19.6 Å². The topological polar surface area (TPSA) is 15.3 Å². The Morgan fingerprint density at radius 2 is 1.65 bits per heavy atom. The fraction of sp³-hybridized carbons (Fsp3) is 1.00. The average molecular weight is 280 g/mol. The van der Waals surface area contributed by atoms with Gasteiger partial charge in [-0.2, -0.15) is 0 Å². The number of nitrogens with zero attached hydrogens (tertiary/aromatic N) is 1. The van der Waals surface area contributed by atoms with Gasteiger partial charge < -0.3 is 5.32 Å². The van der Waals surface area contributed by atoms with Crippen LogP contribution >= 0.6 is 0 Å². The summed E-state index contributed by atoms with van der Waals surface area (Å²) in [6.45, 7) is 10.9. The Bertz CT molecular complexity index is 250. The lowest BCUT2D eigenvalue weighted by Crippen LogP contribution is -2.43. The monoisotopic (exact) mass is 280 g/mol. The first kappa shape index (κ1) is 16.3. The molecule has 0 aromatic carbocycles. The van der Waals surface area contributed by atoms with Gasteiger partial charge in [-0.15, -0.1) is 0 Å². The SMILES string of the molecule is CC(C)CN(CCNC1CCC(C)CC1)C1CCCC1. The maximum absolute atomic E-state index is 3.83. The molecule has 0 radical (unpaired) electrons. The molecule has 2 heteroatoms. The molecule has 2 saturated carbocycles. The predicted octanol–water partition coefficient (Wildman–Crippen LogP) is 4.06. The van der Waals surface area contributed by atoms with Gasteiger partial charge in [0.15, 0.2) is 0 Å². The van der Waals surface area contributed by atoms with E-state index in [0.717, 1.165) is 23.9 Å². The summed E-state index contributed by atoms with van der Waals surface area (Å²) in [5, 5.41) is 3.83. The molecule has 118 valence electrons. The summed E-state index contributed by atoms with van der Waals surface area (Å²) < 4.78 is 0. The third-order valence-electron chi connectivity index (χ3n) is 5.29. The summed E-state index contributed by atoms with van der Waals surface area (Å²) in [4.78, 5) is 2.77. The van der Waals surface area contributed by atoms with Crippen LogP contribution in [0.25, 0.3) is 0 Å². The highest BCUT2D eigenvalue weighted by Gasteiger charge is 2.23. The van der Waals surface area contributed by atoms with Crippen LogP contribution in [-0.4, -0.2) is 36.6 Å². The number of rotatable bonds is 7. The standard InChI is InChI=1S/C18H36N2/c1-15(2)14-20(18-6-4-5-7-18)13-12-19-17-10-8-16(3)9-11-17/h15-19H,4-14H2,1-3H3. The molecule has 2 rings (SSSR count). The van der Waals surface area contributed by atoms with Gasteiger partial charge in [0.05, 0.1) is 0 Å². The summed E-state index contributed by atoms with van der Waals surface area (Å²) in [5.74, 6) is 1.76. The van der Waals surface area contributed by atoms with Crippen LogP contribution in [-0.2, 0) is 0 Å². The fourth-order valence-corrected chi connectivity index (χ4v) is 4.04. The Labute approximate surface area is 126 Å². The van der Waals surface area contributed by atoms with Gasteiger partial charge in [0.1, 0.15) is 0 Å². The van der Waals surface area contributed by atoms with E-state index in [2.05, 4.69) is 31.0 Å². The van der Waals surface area contributed by atoms with Gasteiger partial charge in [0.2, 0.25) is 0 Å². The molecule has 2 aliphatic carbocycles. The van der Waals surface area contributed by atoms with E-state index in [-0.39, 0.29) is 0 Å². The molecule has 0 aromatic heterocycles. The molecule has 0 aliphatic heterocycles. The molecule has 0 saturated heterocycles. The summed E-state index contributed by atoms with van der Waals surface area (Å²) >= 11 is 0. The molecule has 2 aliphatic rings. The first-order valence-electron chi connectivity index (χ1n) is 9.12. The molecule has 0 heterocycles. The first-order valence-corrected chi connectivity index (χ1v) is 9.12. The van der Waals surface area contributed by atoms with Gasteiger partial charge in [-0.05, 0) is 50.4 Å². The molecular weight excluding hydrogens is 244 g/mol. The second-order valence-corrected chi connectivity index (χ2v) is 7.74. The largest absolute Gasteiger partial charge is 0.313 e. The molecule has 2 nitrogen and oxygen atoms in total. The van der Waals surface area contributed by atoms with Crippen LogP contribution in [0.5, 0.6) is 0 Å². The van der Waals surface area contributed by atoms with Crippen molar-refractivity contribution in [1.82, 2.24) is 10.2 Å². The molecule has 0 amide bonds. The summed E-state index contributed by atoms with van der Waals surface area (Å²) in [5.41, 5.74) is 0. The number of hydrogen-bond donors (Lipinski definition) is 1. The molecule has 2 fully saturated rings. The smallest absolute Gasteiger partial charge is 0.0110 e. The summed E-state index contributed by atoms with van der Waals surface area (Å²) in [6.07, 6.45) is 11.4. The van der Waals surface area contributed by atoms with Gasteiger partial charge in [0.25, 0.3) is 0 Å². The maximum Gasteiger partial charge on any atom is 0.0110 e. The highest BCUT2D eigenvalue weighted by Crippen LogP contribution is 2.25. The van der Waals surface area contributed by atoms with Crippen LogP contribution in [0, 0.1) is 11.8 Å². The number of hydrogen-bond acceptors (Lipinski definition) is 2. The van der Waals surface area contributed by atoms with Gasteiger partial charge in [-0.1, -0.05) is 33.6 Å². The van der Waals surface area contributed by atoms with Crippen LogP contribution in [0.1, 0.15) is 72.1 Å². The highest BCUT2D eigenvalue weighted by atomic mass is 15.2. The van der Waals surface area contributed by atoms with E-state index in [1.807, 2.05) is 0 Å². The van der Waals surface area contributed by atoms with Crippen LogP contribution in [0.2, 0.25) is 0 Å². The predicted molar refractivity (Wildman–Crippen MR) is 88.1 cm³/mol. The van der Waals surface area contributed by atoms with Gasteiger partial charge >= 0.3 is 0 Å². The lowest BCUT2D eigenvalue weighted by molar-refractivity contribution is 0.173. The van der Waals surface area contributed by atoms with E-state index >= 15 is 0 Å². The Hall–Kier alpha value is -0.0800. The van der Waals surface area contributed by atoms with E-state index < -0.39 is 0 Å². The molecule has 20 heavy (non-hydrogen) atoms. The molecular formula is C18H36N2. The van der Waals surface area contributed by atoms with Crippen molar-refractivity contribution in [2.24, 2.45) is 11.8 Å². The summed E-state index contributed by atoms with van der Waals surface area (Å²) in [6, 6.07) is 1.68. The lowest BCUT2D eigenvalue weighted by Gasteiger charge is -2.32. The Balaban J connectivity index is 1.68. The van der Waals surface area contributed by atoms with Crippen molar-refractivity contribution < 1.29 is 0 Å². The molecule has 0 aromatic rings. The Morgan fingerprint density at radius 1 is 1.00 bits per heavy atom. The third kappa shape index (κ3) is 5.37. The van der Waals surface area contributed by atoms with E-state index in [1.165, 1.54) is 71.0 Å². The van der Waals surface area contributed by atoms with Crippen molar-refractivity contribution in [3.8, 4) is 0 Å². The van der Waals surface area contributed by atoms with Crippen LogP contribution in [0.4, 0.5) is 0 Å². The van der Waals surface area contributed by atoms with Crippen molar-refractivity contribution in [3.05, 3.63) is 0 Å². The van der Waals surface area contributed by atoms with Crippen molar-refractivity contribution in [1.29, 1.82) is 0 Å². The van der Waals surface area contributed by atoms with Crippen LogP contribution in [0.15, 0.2) is 0 Å². The van der Waals surface area contributed by atoms with E-state index in [0.29, 0.717) is 0 Å². The van der Waals surface area contributed by atoms with Gasteiger partial charge in [0, 0.05) is 31.7 Å². The first-order chi connectivity index (χ1) is 9.65. The minimum Gasteiger partial charge on any atom is -0.313 e. The van der Waals surface area contributed by atoms with E-state index in [1.54, 1.807) is 0 Å². The Morgan fingerprint density at radius 3 is 2.25 bits per heavy atom. The molecule has 1 N–H and O–H groups in total. The second kappa shape index (κ2) is 8.38. The third-order valence-corrected chi connectivity index (χ3v) is 5.29. The minimum absolute atomic E-state index is 0.797. The van der Waals surface area contributed by atoms with Crippen molar-refractivity contribution in [2.45, 2.75) is 84.2 Å². The maximum atomic E-state index is 3.83. The van der Waals surface area contributed by atoms with Gasteiger partial charge in [-0.25, -0.2) is 0 Å². The second-order valence-electron chi connectivity index (χ2n) is 7.74. The van der Waals surface area contributed by atoms with Crippen LogP contribution < -0.4 is 5.32 Å². The normalized spacial score (nSPS) is 28.6. The molecule has 0 spiro atoms. The lowest BCUT2D eigenvalue weighted by atomic mass is 9.87. The molecule has 0 atom stereocenters. The Kier molecular flexibility index (Phi) is 6.83. The van der Waals surface area contributed by atoms with E-state index in [9.17, 15) is 0 Å². The highest BCUT2D eigenvalue weighted by molar-refractivity contribution is 4.80. The number of nitrogens with one attached hydrogen (secondary N) is 1. The van der Waals surface area contributed by atoms with Crippen LogP contribution in [0.3, 0.4) is 0 Å². The zero-order valence-corrected chi connectivity index (χ0v) is 14.0. The summed E-state index contributed by atoms with van der Waals surface area (Å²) in [7, 11) is 0. The molecule has 0 unspecified atom stereocenters. The van der Waals surface area contributed by atoms with E-state index in [4.69, 9.17) is 0 Å². The average Bonchev–Trinajstić information content (AvgIpc) is 2.93. The molecule has 0 bridgehead atoms. The fourth-order valence-electron chi connectivity index (χ4n) is 4.04. The van der Waals surface area contributed by atoms with Gasteiger partial charge in [-0.3, -0.25) is 4.90 Å².